The van der Waals surface area contributed by atoms with Crippen LogP contribution >= 0.6 is 0 Å². The topological polar surface area (TPSA) is 94.2 Å². The van der Waals surface area contributed by atoms with Gasteiger partial charge in [-0.25, -0.2) is 18.2 Å². The van der Waals surface area contributed by atoms with Crippen LogP contribution in [-0.4, -0.2) is 18.0 Å². The van der Waals surface area contributed by atoms with Crippen LogP contribution in [0, 0.1) is 6.92 Å². The number of fused-ring (bicyclic) bond motifs is 1. The first-order valence-corrected chi connectivity index (χ1v) is 7.90. The van der Waals surface area contributed by atoms with Gasteiger partial charge in [0.05, 0.1) is 10.4 Å². The number of benzene rings is 1. The summed E-state index contributed by atoms with van der Waals surface area (Å²) in [6.45, 7) is 1.86. The molecule has 0 fully saturated rings. The lowest BCUT2D eigenvalue weighted by atomic mass is 10.3. The Morgan fingerprint density at radius 3 is 2.68 bits per heavy atom. The molecule has 7 nitrogen and oxygen atoms in total. The zero-order valence-corrected chi connectivity index (χ0v) is 12.7. The molecule has 1 N–H and O–H groups in total. The van der Waals surface area contributed by atoms with E-state index in [-0.39, 0.29) is 16.3 Å². The van der Waals surface area contributed by atoms with Crippen molar-refractivity contribution in [3.8, 4) is 0 Å². The molecule has 0 aliphatic heterocycles. The number of hydrogen-bond donors (Lipinski definition) is 1. The molecule has 0 amide bonds. The molecule has 114 valence electrons. The molecule has 3 rings (SSSR count). The van der Waals surface area contributed by atoms with Crippen molar-refractivity contribution in [2.45, 2.75) is 11.8 Å². The first-order valence-electron chi connectivity index (χ1n) is 6.42. The third-order valence-corrected chi connectivity index (χ3v) is 4.58. The van der Waals surface area contributed by atoms with Gasteiger partial charge in [0.2, 0.25) is 0 Å². The first kappa shape index (κ1) is 14.3. The minimum absolute atomic E-state index is 0.00303. The van der Waals surface area contributed by atoms with E-state index in [1.807, 2.05) is 6.92 Å². The first-order chi connectivity index (χ1) is 10.4. The van der Waals surface area contributed by atoms with Gasteiger partial charge >= 0.3 is 5.76 Å². The summed E-state index contributed by atoms with van der Waals surface area (Å²) < 4.78 is 33.4. The fourth-order valence-electron chi connectivity index (χ4n) is 2.01. The van der Waals surface area contributed by atoms with Crippen LogP contribution in [0.15, 0.2) is 50.6 Å². The van der Waals surface area contributed by atoms with E-state index in [1.165, 1.54) is 22.8 Å². The van der Waals surface area contributed by atoms with Gasteiger partial charge in [0.15, 0.2) is 5.58 Å². The zero-order valence-electron chi connectivity index (χ0n) is 11.9. The number of aryl methyl sites for hydroxylation is 2. The van der Waals surface area contributed by atoms with Gasteiger partial charge in [-0.2, -0.15) is 0 Å². The van der Waals surface area contributed by atoms with E-state index in [0.717, 1.165) is 5.56 Å². The molecule has 8 heteroatoms. The van der Waals surface area contributed by atoms with Crippen LogP contribution in [0.2, 0.25) is 0 Å². The van der Waals surface area contributed by atoms with Gasteiger partial charge in [-0.15, -0.1) is 0 Å². The maximum atomic E-state index is 12.3. The summed E-state index contributed by atoms with van der Waals surface area (Å²) in [5.74, 6) is -0.321. The molecule has 0 spiro atoms. The second-order valence-electron chi connectivity index (χ2n) is 4.88. The van der Waals surface area contributed by atoms with Crippen molar-refractivity contribution < 1.29 is 12.8 Å². The van der Waals surface area contributed by atoms with Crippen LogP contribution in [0.4, 0.5) is 5.82 Å². The highest BCUT2D eigenvalue weighted by Crippen LogP contribution is 2.20. The Morgan fingerprint density at radius 1 is 1.23 bits per heavy atom. The van der Waals surface area contributed by atoms with Crippen LogP contribution in [0.25, 0.3) is 11.1 Å². The van der Waals surface area contributed by atoms with E-state index in [9.17, 15) is 13.2 Å². The monoisotopic (exact) mass is 319 g/mol. The number of nitrogens with zero attached hydrogens (tertiary/aromatic N) is 2. The number of hydrogen-bond acceptors (Lipinski definition) is 5. The summed E-state index contributed by atoms with van der Waals surface area (Å²) in [6.07, 6.45) is 1.57. The third kappa shape index (κ3) is 2.48. The van der Waals surface area contributed by atoms with Crippen molar-refractivity contribution >= 4 is 26.9 Å². The zero-order chi connectivity index (χ0) is 15.9. The Hall–Kier alpha value is -2.61. The second-order valence-corrected chi connectivity index (χ2v) is 6.57. The van der Waals surface area contributed by atoms with Crippen molar-refractivity contribution in [1.29, 1.82) is 0 Å². The van der Waals surface area contributed by atoms with Gasteiger partial charge in [0.1, 0.15) is 5.82 Å². The highest BCUT2D eigenvalue weighted by atomic mass is 32.2. The Labute approximate surface area is 126 Å². The van der Waals surface area contributed by atoms with Gasteiger partial charge in [-0.3, -0.25) is 9.29 Å². The van der Waals surface area contributed by atoms with Crippen LogP contribution in [0.5, 0.6) is 0 Å². The Balaban J connectivity index is 2.01. The smallest absolute Gasteiger partial charge is 0.408 e. The van der Waals surface area contributed by atoms with E-state index in [4.69, 9.17) is 4.42 Å². The number of anilines is 1. The summed E-state index contributed by atoms with van der Waals surface area (Å²) >= 11 is 0. The molecule has 0 unspecified atom stereocenters. The number of sulfonamides is 1. The van der Waals surface area contributed by atoms with E-state index in [2.05, 4.69) is 9.71 Å². The lowest BCUT2D eigenvalue weighted by Crippen LogP contribution is -2.13. The Morgan fingerprint density at radius 2 is 2.00 bits per heavy atom. The normalized spacial score (nSPS) is 11.7. The molecule has 3 aromatic rings. The molecular weight excluding hydrogens is 306 g/mol. The molecule has 22 heavy (non-hydrogen) atoms. The minimum atomic E-state index is -3.81. The average Bonchev–Trinajstić information content (AvgIpc) is 2.76. The second kappa shape index (κ2) is 4.99. The molecule has 2 aromatic heterocycles. The van der Waals surface area contributed by atoms with Crippen molar-refractivity contribution in [2.75, 3.05) is 4.72 Å². The van der Waals surface area contributed by atoms with Crippen LogP contribution < -0.4 is 10.5 Å². The molecule has 0 atom stereocenters. The Kier molecular flexibility index (Phi) is 3.25. The molecule has 1 aromatic carbocycles. The molecule has 2 heterocycles. The predicted octanol–water partition coefficient (Wildman–Crippen LogP) is 1.64. The van der Waals surface area contributed by atoms with Crippen LogP contribution in [0.3, 0.4) is 0 Å². The van der Waals surface area contributed by atoms with E-state index in [1.54, 1.807) is 25.4 Å². The maximum absolute atomic E-state index is 12.3. The van der Waals surface area contributed by atoms with Crippen LogP contribution in [-0.2, 0) is 17.1 Å². The number of aromatic nitrogens is 2. The van der Waals surface area contributed by atoms with Gasteiger partial charge in [-0.05, 0) is 30.7 Å². The third-order valence-electron chi connectivity index (χ3n) is 3.22. The number of pyridine rings is 1. The predicted molar refractivity (Wildman–Crippen MR) is 81.2 cm³/mol. The van der Waals surface area contributed by atoms with E-state index in [0.29, 0.717) is 5.52 Å². The highest BCUT2D eigenvalue weighted by Gasteiger charge is 2.17. The average molecular weight is 319 g/mol. The molecule has 0 saturated carbocycles. The van der Waals surface area contributed by atoms with E-state index >= 15 is 0 Å². The molecule has 0 aliphatic rings. The minimum Gasteiger partial charge on any atom is -0.408 e. The van der Waals surface area contributed by atoms with Crippen molar-refractivity contribution in [2.24, 2.45) is 7.05 Å². The largest absolute Gasteiger partial charge is 0.419 e. The number of oxazole rings is 1. The fraction of sp³-hybridized carbons (Fsp3) is 0.143. The molecule has 0 radical (unpaired) electrons. The summed E-state index contributed by atoms with van der Waals surface area (Å²) in [6, 6.07) is 7.58. The SMILES string of the molecule is Cc1ccc(NS(=O)(=O)c2ccc3c(c2)oc(=O)n3C)nc1. The van der Waals surface area contributed by atoms with Crippen molar-refractivity contribution in [1.82, 2.24) is 9.55 Å². The van der Waals surface area contributed by atoms with Gasteiger partial charge in [0.25, 0.3) is 10.0 Å². The van der Waals surface area contributed by atoms with Gasteiger partial charge in [-0.1, -0.05) is 6.07 Å². The number of nitrogens with one attached hydrogen (secondary N) is 1. The lowest BCUT2D eigenvalue weighted by molar-refractivity contribution is 0.527. The summed E-state index contributed by atoms with van der Waals surface area (Å²) in [4.78, 5) is 15.4. The molecule has 0 bridgehead atoms. The standard InChI is InChI=1S/C14H13N3O4S/c1-9-3-6-13(15-8-9)16-22(19,20)10-4-5-11-12(7-10)21-14(18)17(11)2/h3-8H,1-2H3,(H,15,16). The molecule has 0 aliphatic carbocycles. The van der Waals surface area contributed by atoms with Crippen molar-refractivity contribution in [3.63, 3.8) is 0 Å². The summed E-state index contributed by atoms with van der Waals surface area (Å²) in [7, 11) is -2.25. The summed E-state index contributed by atoms with van der Waals surface area (Å²) in [5.41, 5.74) is 1.67. The summed E-state index contributed by atoms with van der Waals surface area (Å²) in [5, 5.41) is 0. The van der Waals surface area contributed by atoms with Crippen LogP contribution in [0.1, 0.15) is 5.56 Å². The fourth-order valence-corrected chi connectivity index (χ4v) is 3.03. The molecular formula is C14H13N3O4S. The maximum Gasteiger partial charge on any atom is 0.419 e. The number of rotatable bonds is 3. The van der Waals surface area contributed by atoms with Gasteiger partial charge < -0.3 is 4.42 Å². The molecule has 0 saturated heterocycles. The lowest BCUT2D eigenvalue weighted by Gasteiger charge is -2.07. The highest BCUT2D eigenvalue weighted by molar-refractivity contribution is 7.92. The quantitative estimate of drug-likeness (QED) is 0.792. The van der Waals surface area contributed by atoms with E-state index < -0.39 is 15.8 Å². The Bertz CT molecular complexity index is 1000. The van der Waals surface area contributed by atoms with Gasteiger partial charge in [0, 0.05) is 19.3 Å². The van der Waals surface area contributed by atoms with Crippen molar-refractivity contribution in [3.05, 3.63) is 52.6 Å².